The van der Waals surface area contributed by atoms with Gasteiger partial charge in [0, 0.05) is 23.4 Å². The fraction of sp³-hybridized carbons (Fsp3) is 0.231. The summed E-state index contributed by atoms with van der Waals surface area (Å²) in [5.41, 5.74) is 2.47. The Morgan fingerprint density at radius 3 is 2.94 bits per heavy atom. The van der Waals surface area contributed by atoms with Gasteiger partial charge in [-0.2, -0.15) is 0 Å². The third-order valence-electron chi connectivity index (χ3n) is 2.67. The highest BCUT2D eigenvalue weighted by Gasteiger charge is 2.18. The van der Waals surface area contributed by atoms with Gasteiger partial charge < -0.3 is 5.11 Å². The van der Waals surface area contributed by atoms with Crippen LogP contribution in [-0.4, -0.2) is 16.1 Å². The molecule has 0 saturated heterocycles. The number of carbonyl (C=O) groups is 1. The van der Waals surface area contributed by atoms with Crippen molar-refractivity contribution in [2.45, 2.75) is 19.3 Å². The molecular formula is C13H13NO2. The van der Waals surface area contributed by atoms with Crippen molar-refractivity contribution < 1.29 is 9.90 Å². The van der Waals surface area contributed by atoms with E-state index >= 15 is 0 Å². The molecule has 0 amide bonds. The van der Waals surface area contributed by atoms with Crippen LogP contribution in [0, 0.1) is 6.92 Å². The summed E-state index contributed by atoms with van der Waals surface area (Å²) < 4.78 is 0. The second-order valence-corrected chi connectivity index (χ2v) is 3.95. The van der Waals surface area contributed by atoms with Gasteiger partial charge in [0.25, 0.3) is 0 Å². The molecule has 0 bridgehead atoms. The normalized spacial score (nSPS) is 19.3. The Kier molecular flexibility index (Phi) is 2.86. The number of aryl methyl sites for hydroxylation is 1. The second kappa shape index (κ2) is 4.31. The molecule has 0 radical (unpaired) electrons. The summed E-state index contributed by atoms with van der Waals surface area (Å²) in [5, 5.41) is 8.92. The lowest BCUT2D eigenvalue weighted by Gasteiger charge is -2.15. The topological polar surface area (TPSA) is 50.2 Å². The van der Waals surface area contributed by atoms with Crippen LogP contribution in [0.3, 0.4) is 0 Å². The predicted molar refractivity (Wildman–Crippen MR) is 61.2 cm³/mol. The molecule has 2 rings (SSSR count). The minimum absolute atomic E-state index is 0.0803. The summed E-state index contributed by atoms with van der Waals surface area (Å²) in [6.07, 6.45) is 7.75. The smallest absolute Gasteiger partial charge is 0.331 e. The van der Waals surface area contributed by atoms with Crippen molar-refractivity contribution in [3.05, 3.63) is 53.4 Å². The summed E-state index contributed by atoms with van der Waals surface area (Å²) in [6.45, 7) is 1.98. The number of hydrogen-bond acceptors (Lipinski definition) is 2. The highest BCUT2D eigenvalue weighted by molar-refractivity contribution is 5.87. The standard InChI is InChI=1S/C13H13NO2/c1-9-5-6-12(14-8-9)10-3-2-4-11(7-10)13(15)16/h2-6,8,10H,7H2,1H3,(H,15,16). The number of rotatable bonds is 2. The fourth-order valence-electron chi connectivity index (χ4n) is 1.74. The maximum Gasteiger partial charge on any atom is 0.331 e. The van der Waals surface area contributed by atoms with Crippen molar-refractivity contribution in [3.63, 3.8) is 0 Å². The van der Waals surface area contributed by atoms with E-state index < -0.39 is 5.97 Å². The van der Waals surface area contributed by atoms with Gasteiger partial charge in [-0.05, 0) is 25.0 Å². The zero-order chi connectivity index (χ0) is 11.5. The first-order valence-electron chi connectivity index (χ1n) is 5.20. The van der Waals surface area contributed by atoms with Gasteiger partial charge in [-0.15, -0.1) is 0 Å². The average Bonchev–Trinajstić information content (AvgIpc) is 2.30. The number of pyridine rings is 1. The Balaban J connectivity index is 2.19. The molecule has 1 heterocycles. The third kappa shape index (κ3) is 2.19. The molecule has 1 aromatic rings. The lowest BCUT2D eigenvalue weighted by Crippen LogP contribution is -2.09. The number of carboxylic acids is 1. The van der Waals surface area contributed by atoms with E-state index in [1.165, 1.54) is 0 Å². The quantitative estimate of drug-likeness (QED) is 0.824. The maximum absolute atomic E-state index is 10.9. The predicted octanol–water partition coefficient (Wildman–Crippen LogP) is 2.44. The molecule has 1 atom stereocenters. The summed E-state index contributed by atoms with van der Waals surface area (Å²) in [5.74, 6) is -0.766. The Morgan fingerprint density at radius 1 is 1.50 bits per heavy atom. The molecule has 0 spiro atoms. The van der Waals surface area contributed by atoms with Crippen LogP contribution in [0.2, 0.25) is 0 Å². The van der Waals surface area contributed by atoms with E-state index in [9.17, 15) is 4.79 Å². The molecule has 16 heavy (non-hydrogen) atoms. The molecule has 82 valence electrons. The molecule has 3 heteroatoms. The summed E-state index contributed by atoms with van der Waals surface area (Å²) in [4.78, 5) is 15.2. The van der Waals surface area contributed by atoms with Gasteiger partial charge in [0.1, 0.15) is 0 Å². The van der Waals surface area contributed by atoms with Crippen LogP contribution in [0.25, 0.3) is 0 Å². The van der Waals surface area contributed by atoms with Crippen LogP contribution in [0.1, 0.15) is 23.6 Å². The Labute approximate surface area is 94.1 Å². The number of hydrogen-bond donors (Lipinski definition) is 1. The molecule has 0 aliphatic heterocycles. The van der Waals surface area contributed by atoms with Crippen LogP contribution in [0.4, 0.5) is 0 Å². The van der Waals surface area contributed by atoms with Crippen LogP contribution in [-0.2, 0) is 4.79 Å². The first-order valence-corrected chi connectivity index (χ1v) is 5.20. The van der Waals surface area contributed by atoms with Gasteiger partial charge in [0.2, 0.25) is 0 Å². The molecule has 0 aromatic carbocycles. The first-order chi connectivity index (χ1) is 7.66. The van der Waals surface area contributed by atoms with E-state index in [2.05, 4.69) is 4.98 Å². The number of nitrogens with zero attached hydrogens (tertiary/aromatic N) is 1. The molecule has 1 unspecified atom stereocenters. The summed E-state index contributed by atoms with van der Waals surface area (Å²) in [7, 11) is 0. The Bertz CT molecular complexity index is 457. The van der Waals surface area contributed by atoms with Crippen LogP contribution in [0.5, 0.6) is 0 Å². The molecule has 0 saturated carbocycles. The largest absolute Gasteiger partial charge is 0.478 e. The van der Waals surface area contributed by atoms with Gasteiger partial charge in [0.05, 0.1) is 0 Å². The Morgan fingerprint density at radius 2 is 2.31 bits per heavy atom. The fourth-order valence-corrected chi connectivity index (χ4v) is 1.74. The van der Waals surface area contributed by atoms with Gasteiger partial charge in [-0.1, -0.05) is 24.3 Å². The minimum Gasteiger partial charge on any atom is -0.478 e. The molecule has 3 nitrogen and oxygen atoms in total. The van der Waals surface area contributed by atoms with Crippen molar-refractivity contribution in [3.8, 4) is 0 Å². The molecule has 1 aliphatic rings. The van der Waals surface area contributed by atoms with E-state index in [0.717, 1.165) is 11.3 Å². The summed E-state index contributed by atoms with van der Waals surface area (Å²) >= 11 is 0. The summed E-state index contributed by atoms with van der Waals surface area (Å²) in [6, 6.07) is 3.95. The van der Waals surface area contributed by atoms with Gasteiger partial charge in [-0.3, -0.25) is 4.98 Å². The van der Waals surface area contributed by atoms with Crippen LogP contribution in [0.15, 0.2) is 42.1 Å². The SMILES string of the molecule is Cc1ccc(C2C=CC=C(C(=O)O)C2)nc1. The van der Waals surface area contributed by atoms with E-state index in [1.807, 2.05) is 31.3 Å². The van der Waals surface area contributed by atoms with Gasteiger partial charge >= 0.3 is 5.97 Å². The minimum atomic E-state index is -0.846. The monoisotopic (exact) mass is 215 g/mol. The van der Waals surface area contributed by atoms with Crippen molar-refractivity contribution in [2.24, 2.45) is 0 Å². The number of aliphatic carboxylic acids is 1. The van der Waals surface area contributed by atoms with Gasteiger partial charge in [0.15, 0.2) is 0 Å². The molecule has 1 N–H and O–H groups in total. The lowest BCUT2D eigenvalue weighted by molar-refractivity contribution is -0.132. The zero-order valence-corrected chi connectivity index (χ0v) is 9.05. The van der Waals surface area contributed by atoms with Crippen LogP contribution < -0.4 is 0 Å². The Hall–Kier alpha value is -1.90. The molecular weight excluding hydrogens is 202 g/mol. The molecule has 0 fully saturated rings. The first kappa shape index (κ1) is 10.6. The number of allylic oxidation sites excluding steroid dienone is 3. The number of carboxylic acid groups (broad SMARTS) is 1. The van der Waals surface area contributed by atoms with Crippen molar-refractivity contribution in [1.82, 2.24) is 4.98 Å². The molecule has 1 aliphatic carbocycles. The van der Waals surface area contributed by atoms with E-state index in [0.29, 0.717) is 12.0 Å². The van der Waals surface area contributed by atoms with E-state index in [-0.39, 0.29) is 5.92 Å². The average molecular weight is 215 g/mol. The third-order valence-corrected chi connectivity index (χ3v) is 2.67. The van der Waals surface area contributed by atoms with E-state index in [1.54, 1.807) is 12.2 Å². The van der Waals surface area contributed by atoms with Crippen molar-refractivity contribution in [1.29, 1.82) is 0 Å². The number of aromatic nitrogens is 1. The molecule has 1 aromatic heterocycles. The van der Waals surface area contributed by atoms with Crippen LogP contribution >= 0.6 is 0 Å². The van der Waals surface area contributed by atoms with Crippen molar-refractivity contribution >= 4 is 5.97 Å². The van der Waals surface area contributed by atoms with E-state index in [4.69, 9.17) is 5.11 Å². The highest BCUT2D eigenvalue weighted by atomic mass is 16.4. The van der Waals surface area contributed by atoms with Gasteiger partial charge in [-0.25, -0.2) is 4.79 Å². The zero-order valence-electron chi connectivity index (χ0n) is 9.05. The maximum atomic E-state index is 10.9. The lowest BCUT2D eigenvalue weighted by atomic mass is 9.91. The highest BCUT2D eigenvalue weighted by Crippen LogP contribution is 2.27. The second-order valence-electron chi connectivity index (χ2n) is 3.95. The van der Waals surface area contributed by atoms with Crippen molar-refractivity contribution in [2.75, 3.05) is 0 Å².